The van der Waals surface area contributed by atoms with Crippen molar-refractivity contribution in [3.63, 3.8) is 0 Å². The molecule has 3 nitrogen and oxygen atoms in total. The summed E-state index contributed by atoms with van der Waals surface area (Å²) in [5.41, 5.74) is 8.57. The van der Waals surface area contributed by atoms with Gasteiger partial charge >= 0.3 is 0 Å². The maximum Gasteiger partial charge on any atom is 0.0861 e. The minimum absolute atomic E-state index is 0.0580. The molecule has 102 valence electrons. The molecule has 4 N–H and O–H groups in total. The zero-order chi connectivity index (χ0) is 13.5. The summed E-state index contributed by atoms with van der Waals surface area (Å²) in [5, 5.41) is 18.5. The third-order valence-corrected chi connectivity index (χ3v) is 4.47. The Morgan fingerprint density at radius 3 is 2.67 bits per heavy atom. The van der Waals surface area contributed by atoms with Gasteiger partial charge in [-0.25, -0.2) is 0 Å². The fourth-order valence-corrected chi connectivity index (χ4v) is 3.11. The number of rotatable bonds is 7. The van der Waals surface area contributed by atoms with E-state index in [1.807, 2.05) is 6.07 Å². The fourth-order valence-electron chi connectivity index (χ4n) is 1.80. The normalized spacial score (nSPS) is 16.3. The third-order valence-electron chi connectivity index (χ3n) is 2.91. The van der Waals surface area contributed by atoms with Gasteiger partial charge in [0.05, 0.1) is 12.7 Å². The van der Waals surface area contributed by atoms with E-state index in [1.54, 1.807) is 11.8 Å². The van der Waals surface area contributed by atoms with Crippen LogP contribution in [0.25, 0.3) is 0 Å². The zero-order valence-electron chi connectivity index (χ0n) is 11.0. The average Bonchev–Trinajstić information content (AvgIpc) is 2.38. The number of hydrogen-bond donors (Lipinski definition) is 3. The lowest BCUT2D eigenvalue weighted by Gasteiger charge is -2.24. The number of aryl methyl sites for hydroxylation is 1. The van der Waals surface area contributed by atoms with Crippen LogP contribution < -0.4 is 5.73 Å². The van der Waals surface area contributed by atoms with Crippen molar-refractivity contribution in [1.82, 2.24) is 0 Å². The van der Waals surface area contributed by atoms with Crippen molar-refractivity contribution in [2.75, 3.05) is 12.4 Å². The van der Waals surface area contributed by atoms with Crippen LogP contribution >= 0.6 is 11.8 Å². The first-order valence-corrected chi connectivity index (χ1v) is 7.36. The molecule has 0 fully saturated rings. The summed E-state index contributed by atoms with van der Waals surface area (Å²) in [6, 6.07) is 8.36. The highest BCUT2D eigenvalue weighted by atomic mass is 32.2. The van der Waals surface area contributed by atoms with Gasteiger partial charge in [-0.05, 0) is 18.9 Å². The quantitative estimate of drug-likeness (QED) is 0.707. The predicted molar refractivity (Wildman–Crippen MR) is 77.7 cm³/mol. The Labute approximate surface area is 113 Å². The Bertz CT molecular complexity index is 359. The van der Waals surface area contributed by atoms with Crippen molar-refractivity contribution < 1.29 is 10.2 Å². The summed E-state index contributed by atoms with van der Waals surface area (Å²) in [6.07, 6.45) is 0.215. The highest BCUT2D eigenvalue weighted by Gasteiger charge is 2.20. The second-order valence-corrected chi connectivity index (χ2v) is 5.75. The van der Waals surface area contributed by atoms with Crippen LogP contribution in [-0.4, -0.2) is 34.7 Å². The second kappa shape index (κ2) is 7.79. The SMILES string of the molecule is CCC(N)C(SCC(O)CO)c1cccc(C)c1. The molecule has 1 rings (SSSR count). The molecule has 3 unspecified atom stereocenters. The Balaban J connectivity index is 2.78. The summed E-state index contributed by atoms with van der Waals surface area (Å²) >= 11 is 1.61. The van der Waals surface area contributed by atoms with E-state index < -0.39 is 6.10 Å². The molecule has 0 aliphatic carbocycles. The Kier molecular flexibility index (Phi) is 6.71. The molecule has 18 heavy (non-hydrogen) atoms. The molecule has 0 saturated carbocycles. The predicted octanol–water partition coefficient (Wildman–Crippen LogP) is 1.86. The minimum atomic E-state index is -0.675. The lowest BCUT2D eigenvalue weighted by atomic mass is 10.0. The molecule has 0 radical (unpaired) electrons. The van der Waals surface area contributed by atoms with E-state index in [0.717, 1.165) is 6.42 Å². The molecule has 0 bridgehead atoms. The molecule has 3 atom stereocenters. The van der Waals surface area contributed by atoms with Gasteiger partial charge in [-0.3, -0.25) is 0 Å². The number of hydrogen-bond acceptors (Lipinski definition) is 4. The fraction of sp³-hybridized carbons (Fsp3) is 0.571. The molecule has 0 aliphatic heterocycles. The summed E-state index contributed by atoms with van der Waals surface area (Å²) in [7, 11) is 0. The molecule has 1 aromatic rings. The van der Waals surface area contributed by atoms with E-state index in [2.05, 4.69) is 32.0 Å². The van der Waals surface area contributed by atoms with Gasteiger partial charge in [-0.2, -0.15) is 0 Å². The van der Waals surface area contributed by atoms with Gasteiger partial charge in [-0.15, -0.1) is 11.8 Å². The largest absolute Gasteiger partial charge is 0.394 e. The first kappa shape index (κ1) is 15.5. The van der Waals surface area contributed by atoms with Crippen LogP contribution in [0.4, 0.5) is 0 Å². The lowest BCUT2D eigenvalue weighted by molar-refractivity contribution is 0.113. The van der Waals surface area contributed by atoms with Crippen molar-refractivity contribution in [2.45, 2.75) is 37.7 Å². The van der Waals surface area contributed by atoms with E-state index >= 15 is 0 Å². The third kappa shape index (κ3) is 4.61. The van der Waals surface area contributed by atoms with Crippen LogP contribution in [0.1, 0.15) is 29.7 Å². The molecule has 0 aromatic heterocycles. The van der Waals surface area contributed by atoms with Crippen LogP contribution in [0.5, 0.6) is 0 Å². The maximum atomic E-state index is 9.45. The van der Waals surface area contributed by atoms with Gasteiger partial charge < -0.3 is 15.9 Å². The van der Waals surface area contributed by atoms with Crippen molar-refractivity contribution in [3.05, 3.63) is 35.4 Å². The number of aliphatic hydroxyl groups is 2. The smallest absolute Gasteiger partial charge is 0.0861 e. The van der Waals surface area contributed by atoms with E-state index in [1.165, 1.54) is 11.1 Å². The van der Waals surface area contributed by atoms with Gasteiger partial charge in [0.2, 0.25) is 0 Å². The van der Waals surface area contributed by atoms with Crippen molar-refractivity contribution in [1.29, 1.82) is 0 Å². The Hall–Kier alpha value is -0.550. The van der Waals surface area contributed by atoms with Crippen LogP contribution in [0, 0.1) is 6.92 Å². The molecule has 0 heterocycles. The number of benzene rings is 1. The number of aliphatic hydroxyl groups excluding tert-OH is 2. The van der Waals surface area contributed by atoms with E-state index in [4.69, 9.17) is 10.8 Å². The van der Waals surface area contributed by atoms with Crippen LogP contribution in [0.15, 0.2) is 24.3 Å². The Morgan fingerprint density at radius 2 is 2.11 bits per heavy atom. The summed E-state index contributed by atoms with van der Waals surface area (Å²) < 4.78 is 0. The Morgan fingerprint density at radius 1 is 1.39 bits per heavy atom. The molecule has 1 aromatic carbocycles. The minimum Gasteiger partial charge on any atom is -0.394 e. The lowest BCUT2D eigenvalue weighted by Crippen LogP contribution is -2.27. The van der Waals surface area contributed by atoms with E-state index in [9.17, 15) is 5.11 Å². The molecule has 0 amide bonds. The summed E-state index contributed by atoms with van der Waals surface area (Å²) in [4.78, 5) is 0. The molecule has 0 spiro atoms. The van der Waals surface area contributed by atoms with Gasteiger partial charge in [0.1, 0.15) is 0 Å². The van der Waals surface area contributed by atoms with Gasteiger partial charge in [0.25, 0.3) is 0 Å². The molecule has 0 saturated heterocycles. The van der Waals surface area contributed by atoms with Crippen molar-refractivity contribution in [3.8, 4) is 0 Å². The highest BCUT2D eigenvalue weighted by molar-refractivity contribution is 7.99. The van der Waals surface area contributed by atoms with Crippen molar-refractivity contribution in [2.24, 2.45) is 5.73 Å². The van der Waals surface area contributed by atoms with Gasteiger partial charge in [0, 0.05) is 17.0 Å². The van der Waals surface area contributed by atoms with Crippen LogP contribution in [-0.2, 0) is 0 Å². The van der Waals surface area contributed by atoms with Crippen molar-refractivity contribution >= 4 is 11.8 Å². The van der Waals surface area contributed by atoms with Crippen LogP contribution in [0.3, 0.4) is 0 Å². The average molecular weight is 269 g/mol. The summed E-state index contributed by atoms with van der Waals surface area (Å²) in [5.74, 6) is 0.503. The second-order valence-electron chi connectivity index (χ2n) is 4.58. The van der Waals surface area contributed by atoms with Gasteiger partial charge in [-0.1, -0.05) is 36.8 Å². The first-order valence-electron chi connectivity index (χ1n) is 6.31. The number of nitrogens with two attached hydrogens (primary N) is 1. The van der Waals surface area contributed by atoms with Crippen LogP contribution in [0.2, 0.25) is 0 Å². The van der Waals surface area contributed by atoms with Gasteiger partial charge in [0.15, 0.2) is 0 Å². The van der Waals surface area contributed by atoms with E-state index in [0.29, 0.717) is 5.75 Å². The highest BCUT2D eigenvalue weighted by Crippen LogP contribution is 2.33. The van der Waals surface area contributed by atoms with E-state index in [-0.39, 0.29) is 17.9 Å². The molecule has 4 heteroatoms. The maximum absolute atomic E-state index is 9.45. The summed E-state index contributed by atoms with van der Waals surface area (Å²) in [6.45, 7) is 3.93. The molecular weight excluding hydrogens is 246 g/mol. The zero-order valence-corrected chi connectivity index (χ0v) is 11.9. The standard InChI is InChI=1S/C14H23NO2S/c1-3-13(15)14(18-9-12(17)8-16)11-6-4-5-10(2)7-11/h4-7,12-14,16-17H,3,8-9,15H2,1-2H3. The monoisotopic (exact) mass is 269 g/mol. The first-order chi connectivity index (χ1) is 8.58. The topological polar surface area (TPSA) is 66.5 Å². The molecule has 0 aliphatic rings. The number of thioether (sulfide) groups is 1. The molecular formula is C14H23NO2S.